The minimum absolute atomic E-state index is 0.0386. The van der Waals surface area contributed by atoms with E-state index in [2.05, 4.69) is 5.32 Å². The molecule has 0 heterocycles. The first kappa shape index (κ1) is 16.7. The summed E-state index contributed by atoms with van der Waals surface area (Å²) in [7, 11) is -2.69. The molecular formula is C13H15NO6S. The van der Waals surface area contributed by atoms with Crippen molar-refractivity contribution in [2.75, 3.05) is 6.54 Å². The number of amides is 1. The minimum atomic E-state index is -2.69. The van der Waals surface area contributed by atoms with Crippen LogP contribution in [0.4, 0.5) is 4.79 Å². The van der Waals surface area contributed by atoms with Gasteiger partial charge in [0, 0.05) is 0 Å². The summed E-state index contributed by atoms with van der Waals surface area (Å²) in [4.78, 5) is 21.9. The highest BCUT2D eigenvalue weighted by atomic mass is 32.2. The number of carbonyl (C=O) groups excluding carboxylic acids is 1. The van der Waals surface area contributed by atoms with Gasteiger partial charge in [0.1, 0.15) is 6.61 Å². The maximum absolute atomic E-state index is 11.4. The van der Waals surface area contributed by atoms with Gasteiger partial charge in [0.05, 0.1) is 17.3 Å². The van der Waals surface area contributed by atoms with Gasteiger partial charge in [0.15, 0.2) is 0 Å². The first-order valence-electron chi connectivity index (χ1n) is 6.04. The topological polar surface area (TPSA) is 110 Å². The van der Waals surface area contributed by atoms with Gasteiger partial charge in [0.25, 0.3) is 0 Å². The Kier molecular flexibility index (Phi) is 6.41. The fourth-order valence-corrected chi connectivity index (χ4v) is 2.01. The second kappa shape index (κ2) is 8.05. The summed E-state index contributed by atoms with van der Waals surface area (Å²) in [6.45, 7) is 0.860. The Morgan fingerprint density at radius 1 is 1.29 bits per heavy atom. The molecule has 21 heavy (non-hydrogen) atoms. The van der Waals surface area contributed by atoms with E-state index in [0.29, 0.717) is 0 Å². The van der Waals surface area contributed by atoms with Gasteiger partial charge in [0.2, 0.25) is 10.3 Å². The summed E-state index contributed by atoms with van der Waals surface area (Å²) in [5, 5.41) is 11.0. The Morgan fingerprint density at radius 3 is 2.43 bits per heavy atom. The first-order valence-corrected chi connectivity index (χ1v) is 7.11. The molecule has 0 spiro atoms. The minimum Gasteiger partial charge on any atom is -0.481 e. The number of rotatable bonds is 6. The molecule has 0 aromatic heterocycles. The van der Waals surface area contributed by atoms with E-state index in [4.69, 9.17) is 9.84 Å². The number of carbonyl (C=O) groups is 2. The molecule has 0 aliphatic carbocycles. The maximum Gasteiger partial charge on any atom is 0.407 e. The third-order valence-corrected chi connectivity index (χ3v) is 3.61. The molecule has 1 unspecified atom stereocenters. The lowest BCUT2D eigenvalue weighted by Crippen LogP contribution is -2.35. The van der Waals surface area contributed by atoms with Crippen LogP contribution in [-0.4, -0.2) is 37.0 Å². The third kappa shape index (κ3) is 5.65. The fourth-order valence-electron chi connectivity index (χ4n) is 1.43. The Balaban J connectivity index is 2.52. The highest BCUT2D eigenvalue weighted by molar-refractivity contribution is 7.73. The molecule has 1 amide bonds. The van der Waals surface area contributed by atoms with Crippen LogP contribution >= 0.6 is 0 Å². The van der Waals surface area contributed by atoms with Crippen molar-refractivity contribution in [2.24, 2.45) is 5.92 Å². The smallest absolute Gasteiger partial charge is 0.407 e. The molecule has 0 saturated heterocycles. The summed E-state index contributed by atoms with van der Waals surface area (Å²) in [5.41, 5.74) is 0.781. The van der Waals surface area contributed by atoms with Gasteiger partial charge in [-0.15, -0.1) is 0 Å². The van der Waals surface area contributed by atoms with E-state index in [0.717, 1.165) is 5.56 Å². The van der Waals surface area contributed by atoms with E-state index >= 15 is 0 Å². The van der Waals surface area contributed by atoms with Gasteiger partial charge in [-0.2, -0.15) is 8.42 Å². The molecule has 2 N–H and O–H groups in total. The number of nitrogens with one attached hydrogen (secondary N) is 1. The summed E-state index contributed by atoms with van der Waals surface area (Å²) in [6.07, 6.45) is -0.820. The monoisotopic (exact) mass is 313 g/mol. The van der Waals surface area contributed by atoms with Gasteiger partial charge in [-0.1, -0.05) is 30.3 Å². The van der Waals surface area contributed by atoms with Crippen molar-refractivity contribution in [3.63, 3.8) is 0 Å². The second-order valence-corrected chi connectivity index (χ2v) is 5.17. The van der Waals surface area contributed by atoms with E-state index < -0.39 is 34.8 Å². The lowest BCUT2D eigenvalue weighted by Gasteiger charge is -2.09. The highest BCUT2D eigenvalue weighted by Crippen LogP contribution is 2.01. The average molecular weight is 313 g/mol. The van der Waals surface area contributed by atoms with Crippen LogP contribution in [0.1, 0.15) is 12.5 Å². The third-order valence-electron chi connectivity index (χ3n) is 2.69. The van der Waals surface area contributed by atoms with Crippen LogP contribution in [0.3, 0.4) is 0 Å². The molecule has 1 rings (SSSR count). The molecule has 0 aliphatic rings. The SMILES string of the molecule is CC(C(=O)O)C(CNC(=O)OCc1ccccc1)=S(=O)=O. The molecule has 0 aliphatic heterocycles. The number of aliphatic carboxylic acids is 1. The lowest BCUT2D eigenvalue weighted by molar-refractivity contribution is -0.138. The van der Waals surface area contributed by atoms with Gasteiger partial charge in [-0.25, -0.2) is 4.79 Å². The number of hydrogen-bond donors (Lipinski definition) is 2. The van der Waals surface area contributed by atoms with Gasteiger partial charge in [-0.05, 0) is 12.5 Å². The number of carboxylic acids is 1. The van der Waals surface area contributed by atoms with Crippen molar-refractivity contribution in [2.45, 2.75) is 13.5 Å². The zero-order chi connectivity index (χ0) is 15.8. The maximum atomic E-state index is 11.4. The second-order valence-electron chi connectivity index (χ2n) is 4.18. The molecule has 1 atom stereocenters. The van der Waals surface area contributed by atoms with Crippen LogP contribution in [-0.2, 0) is 26.4 Å². The molecular weight excluding hydrogens is 298 g/mol. The van der Waals surface area contributed by atoms with Crippen molar-refractivity contribution in [3.8, 4) is 0 Å². The molecule has 7 nitrogen and oxygen atoms in total. The van der Waals surface area contributed by atoms with Crippen molar-refractivity contribution >= 4 is 27.2 Å². The summed E-state index contributed by atoms with van der Waals surface area (Å²) < 4.78 is 26.8. The van der Waals surface area contributed by atoms with E-state index in [-0.39, 0.29) is 11.5 Å². The fraction of sp³-hybridized carbons (Fsp3) is 0.308. The summed E-state index contributed by atoms with van der Waals surface area (Å²) in [6, 6.07) is 8.94. The van der Waals surface area contributed by atoms with Crippen molar-refractivity contribution in [1.29, 1.82) is 0 Å². The van der Waals surface area contributed by atoms with Crippen LogP contribution in [0.15, 0.2) is 30.3 Å². The van der Waals surface area contributed by atoms with Crippen LogP contribution in [0, 0.1) is 5.92 Å². The number of hydrogen-bond acceptors (Lipinski definition) is 5. The molecule has 8 heteroatoms. The first-order chi connectivity index (χ1) is 9.91. The Morgan fingerprint density at radius 2 is 1.90 bits per heavy atom. The lowest BCUT2D eigenvalue weighted by atomic mass is 10.1. The molecule has 114 valence electrons. The Bertz CT molecular complexity index is 630. The van der Waals surface area contributed by atoms with Gasteiger partial charge < -0.3 is 15.2 Å². The molecule has 1 aromatic rings. The predicted molar refractivity (Wildman–Crippen MR) is 75.4 cm³/mol. The van der Waals surface area contributed by atoms with Crippen molar-refractivity contribution in [3.05, 3.63) is 35.9 Å². The van der Waals surface area contributed by atoms with Crippen LogP contribution < -0.4 is 5.32 Å². The number of benzene rings is 1. The zero-order valence-electron chi connectivity index (χ0n) is 11.3. The van der Waals surface area contributed by atoms with E-state index in [1.807, 2.05) is 6.07 Å². The molecule has 0 saturated carbocycles. The van der Waals surface area contributed by atoms with Crippen LogP contribution in [0.25, 0.3) is 0 Å². The van der Waals surface area contributed by atoms with Crippen LogP contribution in [0.2, 0.25) is 0 Å². The summed E-state index contributed by atoms with van der Waals surface area (Å²) in [5.74, 6) is -2.49. The number of alkyl carbamates (subject to hydrolysis) is 1. The molecule has 0 bridgehead atoms. The van der Waals surface area contributed by atoms with E-state index in [9.17, 15) is 18.0 Å². The largest absolute Gasteiger partial charge is 0.481 e. The van der Waals surface area contributed by atoms with Crippen LogP contribution in [0.5, 0.6) is 0 Å². The van der Waals surface area contributed by atoms with Crippen molar-refractivity contribution in [1.82, 2.24) is 5.32 Å². The molecule has 1 aromatic carbocycles. The number of carboxylic acid groups (broad SMARTS) is 1. The Labute approximate surface area is 123 Å². The highest BCUT2D eigenvalue weighted by Gasteiger charge is 2.20. The quantitative estimate of drug-likeness (QED) is 0.748. The van der Waals surface area contributed by atoms with E-state index in [1.165, 1.54) is 6.92 Å². The number of ether oxygens (including phenoxy) is 1. The summed E-state index contributed by atoms with van der Waals surface area (Å²) >= 11 is 0. The molecule has 0 radical (unpaired) electrons. The average Bonchev–Trinajstić information content (AvgIpc) is 2.45. The van der Waals surface area contributed by atoms with Crippen molar-refractivity contribution < 1.29 is 27.9 Å². The zero-order valence-corrected chi connectivity index (χ0v) is 12.1. The Hall–Kier alpha value is -2.35. The van der Waals surface area contributed by atoms with Gasteiger partial charge >= 0.3 is 12.1 Å². The predicted octanol–water partition coefficient (Wildman–Crippen LogP) is 0.685. The molecule has 0 fully saturated rings. The van der Waals surface area contributed by atoms with E-state index in [1.54, 1.807) is 24.3 Å². The standard InChI is InChI=1S/C13H15NO6S/c1-9(12(15)16)11(21(18)19)7-14-13(17)20-8-10-5-3-2-4-6-10/h2-6,9H,7-8H2,1H3,(H,14,17)(H,15,16). The van der Waals surface area contributed by atoms with Gasteiger partial charge in [-0.3, -0.25) is 4.79 Å². The normalized spacial score (nSPS) is 11.3.